The SMILES string of the molecule is COC(=O)C[n+]1cc(C)ncc1C. The number of methoxy groups -OCH3 is 1. The van der Waals surface area contributed by atoms with E-state index < -0.39 is 0 Å². The Morgan fingerprint density at radius 3 is 2.92 bits per heavy atom. The molecular weight excluding hydrogens is 168 g/mol. The van der Waals surface area contributed by atoms with Gasteiger partial charge in [-0.1, -0.05) is 0 Å². The molecule has 0 N–H and O–H groups in total. The number of carbonyl (C=O) groups excluding carboxylic acids is 1. The standard InChI is InChI=1S/C9H13N2O2/c1-7-5-11(6-9(12)13-3)8(2)4-10-7/h4-5H,6H2,1-3H3/q+1. The predicted molar refractivity (Wildman–Crippen MR) is 45.9 cm³/mol. The van der Waals surface area contributed by atoms with Crippen molar-refractivity contribution in [1.82, 2.24) is 4.98 Å². The summed E-state index contributed by atoms with van der Waals surface area (Å²) >= 11 is 0. The summed E-state index contributed by atoms with van der Waals surface area (Å²) in [5, 5.41) is 0. The van der Waals surface area contributed by atoms with Gasteiger partial charge in [0.25, 0.3) is 0 Å². The van der Waals surface area contributed by atoms with Crippen LogP contribution in [0.15, 0.2) is 12.4 Å². The maximum atomic E-state index is 11.0. The van der Waals surface area contributed by atoms with E-state index in [0.29, 0.717) is 0 Å². The third-order valence-corrected chi connectivity index (χ3v) is 1.78. The molecule has 70 valence electrons. The second-order valence-corrected chi connectivity index (χ2v) is 2.87. The second kappa shape index (κ2) is 3.98. The molecule has 0 aliphatic heterocycles. The minimum absolute atomic E-state index is 0.242. The van der Waals surface area contributed by atoms with Crippen LogP contribution in [-0.4, -0.2) is 18.1 Å². The Balaban J connectivity index is 2.87. The number of ether oxygens (including phenoxy) is 1. The zero-order valence-corrected chi connectivity index (χ0v) is 8.07. The lowest BCUT2D eigenvalue weighted by Crippen LogP contribution is -2.41. The van der Waals surface area contributed by atoms with E-state index in [0.717, 1.165) is 11.4 Å². The topological polar surface area (TPSA) is 43.1 Å². The first-order valence-corrected chi connectivity index (χ1v) is 4.03. The van der Waals surface area contributed by atoms with E-state index in [1.54, 1.807) is 6.20 Å². The maximum absolute atomic E-state index is 11.0. The van der Waals surface area contributed by atoms with Gasteiger partial charge in [-0.3, -0.25) is 0 Å². The maximum Gasteiger partial charge on any atom is 0.372 e. The molecule has 0 spiro atoms. The molecule has 1 aromatic heterocycles. The van der Waals surface area contributed by atoms with Crippen molar-refractivity contribution in [3.8, 4) is 0 Å². The van der Waals surface area contributed by atoms with Crippen molar-refractivity contribution in [1.29, 1.82) is 0 Å². The molecule has 0 saturated carbocycles. The van der Waals surface area contributed by atoms with Gasteiger partial charge < -0.3 is 4.74 Å². The van der Waals surface area contributed by atoms with E-state index in [1.165, 1.54) is 7.11 Å². The molecule has 1 rings (SSSR count). The Hall–Kier alpha value is -1.45. The van der Waals surface area contributed by atoms with Crippen LogP contribution in [-0.2, 0) is 16.1 Å². The normalized spacial score (nSPS) is 9.77. The molecule has 0 fully saturated rings. The fraction of sp³-hybridized carbons (Fsp3) is 0.444. The van der Waals surface area contributed by atoms with E-state index in [1.807, 2.05) is 24.6 Å². The van der Waals surface area contributed by atoms with Gasteiger partial charge >= 0.3 is 5.97 Å². The van der Waals surface area contributed by atoms with Gasteiger partial charge in [-0.25, -0.2) is 9.78 Å². The van der Waals surface area contributed by atoms with Crippen molar-refractivity contribution in [2.24, 2.45) is 0 Å². The summed E-state index contributed by atoms with van der Waals surface area (Å²) in [7, 11) is 1.38. The zero-order chi connectivity index (χ0) is 9.84. The highest BCUT2D eigenvalue weighted by atomic mass is 16.5. The van der Waals surface area contributed by atoms with E-state index >= 15 is 0 Å². The fourth-order valence-electron chi connectivity index (χ4n) is 1.00. The molecule has 4 heteroatoms. The van der Waals surface area contributed by atoms with Crippen LogP contribution in [0.25, 0.3) is 0 Å². The highest BCUT2D eigenvalue weighted by Crippen LogP contribution is 1.90. The third kappa shape index (κ3) is 2.50. The number of hydrogen-bond donors (Lipinski definition) is 0. The molecular formula is C9H13N2O2+. The van der Waals surface area contributed by atoms with Gasteiger partial charge in [0, 0.05) is 6.92 Å². The summed E-state index contributed by atoms with van der Waals surface area (Å²) in [6.07, 6.45) is 3.56. The van der Waals surface area contributed by atoms with Crippen molar-refractivity contribution >= 4 is 5.97 Å². The van der Waals surface area contributed by atoms with E-state index in [2.05, 4.69) is 9.72 Å². The summed E-state index contributed by atoms with van der Waals surface area (Å²) in [5.74, 6) is -0.251. The molecule has 1 aromatic rings. The van der Waals surface area contributed by atoms with Crippen LogP contribution in [0.1, 0.15) is 11.4 Å². The molecule has 0 aromatic carbocycles. The van der Waals surface area contributed by atoms with Crippen molar-refractivity contribution in [3.63, 3.8) is 0 Å². The molecule has 0 saturated heterocycles. The molecule has 1 heterocycles. The number of hydrogen-bond acceptors (Lipinski definition) is 3. The highest BCUT2D eigenvalue weighted by molar-refractivity contribution is 5.67. The molecule has 0 amide bonds. The smallest absolute Gasteiger partial charge is 0.372 e. The predicted octanol–water partition coefficient (Wildman–Crippen LogP) is 0.159. The van der Waals surface area contributed by atoms with Gasteiger partial charge in [-0.2, -0.15) is 4.57 Å². The van der Waals surface area contributed by atoms with Crippen LogP contribution in [0.3, 0.4) is 0 Å². The molecule has 0 aliphatic carbocycles. The first-order chi connectivity index (χ1) is 6.13. The van der Waals surface area contributed by atoms with Gasteiger partial charge in [0.2, 0.25) is 6.54 Å². The number of nitrogens with zero attached hydrogens (tertiary/aromatic N) is 2. The van der Waals surface area contributed by atoms with Crippen molar-refractivity contribution in [2.75, 3.05) is 7.11 Å². The third-order valence-electron chi connectivity index (χ3n) is 1.78. The van der Waals surface area contributed by atoms with Gasteiger partial charge in [-0.15, -0.1) is 0 Å². The van der Waals surface area contributed by atoms with Crippen LogP contribution >= 0.6 is 0 Å². The van der Waals surface area contributed by atoms with Crippen molar-refractivity contribution < 1.29 is 14.1 Å². The fourth-order valence-corrected chi connectivity index (χ4v) is 1.00. The average Bonchev–Trinajstić information content (AvgIpc) is 2.11. The molecule has 4 nitrogen and oxygen atoms in total. The quantitative estimate of drug-likeness (QED) is 0.482. The van der Waals surface area contributed by atoms with Crippen LogP contribution in [0, 0.1) is 13.8 Å². The Kier molecular flexibility index (Phi) is 2.95. The van der Waals surface area contributed by atoms with Gasteiger partial charge in [0.1, 0.15) is 5.69 Å². The first-order valence-electron chi connectivity index (χ1n) is 4.03. The Bertz CT molecular complexity index is 323. The van der Waals surface area contributed by atoms with Crippen LogP contribution in [0.4, 0.5) is 0 Å². The van der Waals surface area contributed by atoms with E-state index in [9.17, 15) is 4.79 Å². The molecule has 0 radical (unpaired) electrons. The van der Waals surface area contributed by atoms with Gasteiger partial charge in [0.15, 0.2) is 11.9 Å². The highest BCUT2D eigenvalue weighted by Gasteiger charge is 2.12. The number of rotatable bonds is 2. The number of aryl methyl sites for hydroxylation is 2. The van der Waals surface area contributed by atoms with Gasteiger partial charge in [0.05, 0.1) is 13.3 Å². The Morgan fingerprint density at radius 1 is 1.62 bits per heavy atom. The molecule has 13 heavy (non-hydrogen) atoms. The molecule has 0 bridgehead atoms. The summed E-state index contributed by atoms with van der Waals surface area (Å²) in [4.78, 5) is 15.1. The summed E-state index contributed by atoms with van der Waals surface area (Å²) < 4.78 is 6.38. The Labute approximate surface area is 77.2 Å². The summed E-state index contributed by atoms with van der Waals surface area (Å²) in [5.41, 5.74) is 1.82. The lowest BCUT2D eigenvalue weighted by Gasteiger charge is -1.99. The van der Waals surface area contributed by atoms with Crippen LogP contribution in [0.5, 0.6) is 0 Å². The molecule has 0 atom stereocenters. The van der Waals surface area contributed by atoms with Crippen LogP contribution in [0.2, 0.25) is 0 Å². The van der Waals surface area contributed by atoms with E-state index in [4.69, 9.17) is 0 Å². The van der Waals surface area contributed by atoms with E-state index in [-0.39, 0.29) is 12.5 Å². The van der Waals surface area contributed by atoms with Crippen molar-refractivity contribution in [3.05, 3.63) is 23.8 Å². The number of carbonyl (C=O) groups is 1. The first kappa shape index (κ1) is 9.64. The van der Waals surface area contributed by atoms with Gasteiger partial charge in [-0.05, 0) is 6.92 Å². The summed E-state index contributed by atoms with van der Waals surface area (Å²) in [6.45, 7) is 4.02. The number of esters is 1. The monoisotopic (exact) mass is 181 g/mol. The van der Waals surface area contributed by atoms with Crippen LogP contribution < -0.4 is 4.57 Å². The Morgan fingerprint density at radius 2 is 2.31 bits per heavy atom. The minimum atomic E-state index is -0.251. The largest absolute Gasteiger partial charge is 0.464 e. The summed E-state index contributed by atoms with van der Waals surface area (Å²) in [6, 6.07) is 0. The zero-order valence-electron chi connectivity index (χ0n) is 8.07. The molecule has 0 unspecified atom stereocenters. The minimum Gasteiger partial charge on any atom is -0.464 e. The second-order valence-electron chi connectivity index (χ2n) is 2.87. The lowest BCUT2D eigenvalue weighted by molar-refractivity contribution is -0.692. The lowest BCUT2D eigenvalue weighted by atomic mass is 10.4. The average molecular weight is 181 g/mol. The molecule has 0 aliphatic rings. The number of aromatic nitrogens is 2. The van der Waals surface area contributed by atoms with Crippen molar-refractivity contribution in [2.45, 2.75) is 20.4 Å².